The zero-order valence-corrected chi connectivity index (χ0v) is 14.0. The highest BCUT2D eigenvalue weighted by Crippen LogP contribution is 2.11. The van der Waals surface area contributed by atoms with Gasteiger partial charge < -0.3 is 10.1 Å². The van der Waals surface area contributed by atoms with Crippen molar-refractivity contribution in [3.63, 3.8) is 0 Å². The Labute approximate surface area is 137 Å². The van der Waals surface area contributed by atoms with Crippen molar-refractivity contribution in [1.29, 1.82) is 0 Å². The molecule has 6 nitrogen and oxygen atoms in total. The molecule has 1 amide bonds. The molecule has 1 saturated heterocycles. The Morgan fingerprint density at radius 1 is 1.26 bits per heavy atom. The van der Waals surface area contributed by atoms with E-state index in [1.54, 1.807) is 18.2 Å². The Balaban J connectivity index is 1.76. The first-order valence-electron chi connectivity index (χ1n) is 7.51. The van der Waals surface area contributed by atoms with E-state index in [1.807, 2.05) is 0 Å². The van der Waals surface area contributed by atoms with E-state index in [-0.39, 0.29) is 10.8 Å². The van der Waals surface area contributed by atoms with Crippen LogP contribution in [0.25, 0.3) is 6.08 Å². The smallest absolute Gasteiger partial charge is 0.244 e. The van der Waals surface area contributed by atoms with E-state index < -0.39 is 9.84 Å². The number of nitrogens with zero attached hydrogens (tertiary/aromatic N) is 1. The maximum Gasteiger partial charge on any atom is 0.244 e. The predicted octanol–water partition coefficient (Wildman–Crippen LogP) is 0.552. The largest absolute Gasteiger partial charge is 0.379 e. The van der Waals surface area contributed by atoms with Crippen LogP contribution in [0.2, 0.25) is 0 Å². The second kappa shape index (κ2) is 8.24. The van der Waals surface area contributed by atoms with Gasteiger partial charge in [-0.05, 0) is 23.8 Å². The van der Waals surface area contributed by atoms with Crippen LogP contribution < -0.4 is 5.32 Å². The summed E-state index contributed by atoms with van der Waals surface area (Å²) >= 11 is 0. The molecular weight excluding hydrogens is 316 g/mol. The van der Waals surface area contributed by atoms with E-state index in [2.05, 4.69) is 10.2 Å². The molecule has 1 aromatic carbocycles. The van der Waals surface area contributed by atoms with Crippen molar-refractivity contribution >= 4 is 21.8 Å². The summed E-state index contributed by atoms with van der Waals surface area (Å²) in [5.41, 5.74) is 0.778. The molecule has 0 spiro atoms. The zero-order valence-electron chi connectivity index (χ0n) is 13.2. The molecule has 0 bridgehead atoms. The maximum absolute atomic E-state index is 11.7. The van der Waals surface area contributed by atoms with Gasteiger partial charge in [0.25, 0.3) is 0 Å². The second-order valence-corrected chi connectivity index (χ2v) is 7.44. The van der Waals surface area contributed by atoms with Gasteiger partial charge in [-0.3, -0.25) is 9.69 Å². The maximum atomic E-state index is 11.7. The monoisotopic (exact) mass is 338 g/mol. The molecule has 1 fully saturated rings. The van der Waals surface area contributed by atoms with Gasteiger partial charge in [0, 0.05) is 38.5 Å². The third-order valence-electron chi connectivity index (χ3n) is 3.57. The number of rotatable bonds is 6. The summed E-state index contributed by atoms with van der Waals surface area (Å²) in [5.74, 6) is -0.162. The van der Waals surface area contributed by atoms with Gasteiger partial charge in [-0.1, -0.05) is 12.1 Å². The first-order valence-corrected chi connectivity index (χ1v) is 9.40. The average molecular weight is 338 g/mol. The van der Waals surface area contributed by atoms with Crippen molar-refractivity contribution < 1.29 is 17.9 Å². The quantitative estimate of drug-likeness (QED) is 0.767. The molecule has 2 rings (SSSR count). The lowest BCUT2D eigenvalue weighted by molar-refractivity contribution is -0.116. The third kappa shape index (κ3) is 6.13. The highest BCUT2D eigenvalue weighted by Gasteiger charge is 2.09. The van der Waals surface area contributed by atoms with Gasteiger partial charge in [-0.15, -0.1) is 0 Å². The number of amides is 1. The van der Waals surface area contributed by atoms with Crippen LogP contribution in [0.3, 0.4) is 0 Å². The molecule has 7 heteroatoms. The number of hydrogen-bond acceptors (Lipinski definition) is 5. The predicted molar refractivity (Wildman–Crippen MR) is 88.9 cm³/mol. The standard InChI is InChI=1S/C16H22N2O4S/c1-23(20,21)15-5-2-14(3-6-15)4-7-16(19)17-8-9-18-10-12-22-13-11-18/h2-7H,8-13H2,1H3,(H,17,19). The molecule has 1 heterocycles. The molecule has 1 aliphatic heterocycles. The van der Waals surface area contributed by atoms with Crippen molar-refractivity contribution in [1.82, 2.24) is 10.2 Å². The van der Waals surface area contributed by atoms with Crippen LogP contribution >= 0.6 is 0 Å². The van der Waals surface area contributed by atoms with Gasteiger partial charge in [0.2, 0.25) is 5.91 Å². The molecular formula is C16H22N2O4S. The Morgan fingerprint density at radius 2 is 1.91 bits per heavy atom. The molecule has 126 valence electrons. The van der Waals surface area contributed by atoms with Gasteiger partial charge in [-0.25, -0.2) is 8.42 Å². The molecule has 0 radical (unpaired) electrons. The number of carbonyl (C=O) groups excluding carboxylic acids is 1. The zero-order chi connectivity index (χ0) is 16.7. The van der Waals surface area contributed by atoms with Crippen LogP contribution in [0, 0.1) is 0 Å². The number of ether oxygens (including phenoxy) is 1. The Hall–Kier alpha value is -1.70. The van der Waals surface area contributed by atoms with E-state index in [4.69, 9.17) is 4.74 Å². The first-order chi connectivity index (χ1) is 10.9. The fraction of sp³-hybridized carbons (Fsp3) is 0.438. The number of benzene rings is 1. The Kier molecular flexibility index (Phi) is 6.32. The van der Waals surface area contributed by atoms with E-state index in [9.17, 15) is 13.2 Å². The van der Waals surface area contributed by atoms with Crippen LogP contribution in [0.5, 0.6) is 0 Å². The summed E-state index contributed by atoms with van der Waals surface area (Å²) in [4.78, 5) is 14.3. The van der Waals surface area contributed by atoms with Gasteiger partial charge in [-0.2, -0.15) is 0 Å². The summed E-state index contributed by atoms with van der Waals surface area (Å²) in [6, 6.07) is 6.42. The molecule has 0 saturated carbocycles. The molecule has 23 heavy (non-hydrogen) atoms. The minimum absolute atomic E-state index is 0.162. The molecule has 1 aliphatic rings. The Bertz CT molecular complexity index is 647. The van der Waals surface area contributed by atoms with Gasteiger partial charge in [0.1, 0.15) is 0 Å². The first kappa shape index (κ1) is 17.7. The van der Waals surface area contributed by atoms with E-state index >= 15 is 0 Å². The topological polar surface area (TPSA) is 75.7 Å². The summed E-state index contributed by atoms with van der Waals surface area (Å²) in [6.45, 7) is 4.70. The lowest BCUT2D eigenvalue weighted by Gasteiger charge is -2.26. The number of carbonyl (C=O) groups is 1. The van der Waals surface area contributed by atoms with Crippen molar-refractivity contribution in [3.05, 3.63) is 35.9 Å². The Morgan fingerprint density at radius 3 is 2.52 bits per heavy atom. The lowest BCUT2D eigenvalue weighted by Crippen LogP contribution is -2.41. The lowest BCUT2D eigenvalue weighted by atomic mass is 10.2. The third-order valence-corrected chi connectivity index (χ3v) is 4.69. The van der Waals surface area contributed by atoms with Gasteiger partial charge >= 0.3 is 0 Å². The normalized spacial score (nSPS) is 16.6. The minimum atomic E-state index is -3.19. The number of nitrogens with one attached hydrogen (secondary N) is 1. The molecule has 1 aromatic rings. The van der Waals surface area contributed by atoms with Crippen LogP contribution in [-0.4, -0.2) is 64.9 Å². The highest BCUT2D eigenvalue weighted by molar-refractivity contribution is 7.90. The van der Waals surface area contributed by atoms with Gasteiger partial charge in [0.05, 0.1) is 18.1 Å². The summed E-state index contributed by atoms with van der Waals surface area (Å²) < 4.78 is 28.0. The molecule has 0 atom stereocenters. The van der Waals surface area contributed by atoms with E-state index in [0.717, 1.165) is 38.4 Å². The van der Waals surface area contributed by atoms with E-state index in [0.29, 0.717) is 6.54 Å². The van der Waals surface area contributed by atoms with Crippen molar-refractivity contribution in [3.8, 4) is 0 Å². The summed E-state index contributed by atoms with van der Waals surface area (Å²) in [5, 5.41) is 2.83. The highest BCUT2D eigenvalue weighted by atomic mass is 32.2. The minimum Gasteiger partial charge on any atom is -0.379 e. The second-order valence-electron chi connectivity index (χ2n) is 5.42. The molecule has 1 N–H and O–H groups in total. The van der Waals surface area contributed by atoms with Crippen LogP contribution in [0.1, 0.15) is 5.56 Å². The molecule has 0 unspecified atom stereocenters. The SMILES string of the molecule is CS(=O)(=O)c1ccc(C=CC(=O)NCCN2CCOCC2)cc1. The fourth-order valence-electron chi connectivity index (χ4n) is 2.22. The average Bonchev–Trinajstić information content (AvgIpc) is 2.53. The van der Waals surface area contributed by atoms with Crippen molar-refractivity contribution in [2.45, 2.75) is 4.90 Å². The van der Waals surface area contributed by atoms with E-state index in [1.165, 1.54) is 24.5 Å². The van der Waals surface area contributed by atoms with Crippen LogP contribution in [0.4, 0.5) is 0 Å². The summed E-state index contributed by atoms with van der Waals surface area (Å²) in [7, 11) is -3.19. The van der Waals surface area contributed by atoms with Crippen molar-refractivity contribution in [2.24, 2.45) is 0 Å². The summed E-state index contributed by atoms with van der Waals surface area (Å²) in [6.07, 6.45) is 4.28. The molecule has 0 aliphatic carbocycles. The number of hydrogen-bond donors (Lipinski definition) is 1. The van der Waals surface area contributed by atoms with Crippen molar-refractivity contribution in [2.75, 3.05) is 45.6 Å². The number of morpholine rings is 1. The van der Waals surface area contributed by atoms with Crippen LogP contribution in [0.15, 0.2) is 35.2 Å². The fourth-order valence-corrected chi connectivity index (χ4v) is 2.85. The molecule has 0 aromatic heterocycles. The van der Waals surface area contributed by atoms with Crippen LogP contribution in [-0.2, 0) is 19.4 Å². The number of sulfone groups is 1. The van der Waals surface area contributed by atoms with Gasteiger partial charge in [0.15, 0.2) is 9.84 Å².